The minimum Gasteiger partial charge on any atom is -0.496 e. The van der Waals surface area contributed by atoms with Gasteiger partial charge in [-0.2, -0.15) is 13.2 Å². The van der Waals surface area contributed by atoms with Crippen LogP contribution in [0.15, 0.2) is 47.6 Å². The van der Waals surface area contributed by atoms with Gasteiger partial charge in [0.05, 0.1) is 18.2 Å². The lowest BCUT2D eigenvalue weighted by molar-refractivity contribution is -0.137. The van der Waals surface area contributed by atoms with Gasteiger partial charge in [-0.3, -0.25) is 0 Å². The topological polar surface area (TPSA) is 39.9 Å². The number of hydrogen-bond acceptors (Lipinski definition) is 4. The fourth-order valence-electron chi connectivity index (χ4n) is 2.72. The number of rotatable bonds is 6. The third-order valence-electron chi connectivity index (χ3n) is 4.06. The van der Waals surface area contributed by atoms with E-state index in [-0.39, 0.29) is 0 Å². The second-order valence-electron chi connectivity index (χ2n) is 5.88. The van der Waals surface area contributed by atoms with Gasteiger partial charge in [-0.1, -0.05) is 41.6 Å². The van der Waals surface area contributed by atoms with Crippen LogP contribution in [-0.4, -0.2) is 21.9 Å². The van der Waals surface area contributed by atoms with E-state index in [4.69, 9.17) is 16.3 Å². The molecule has 1 heterocycles. The molecule has 0 saturated carbocycles. The number of methoxy groups -OCH3 is 1. The van der Waals surface area contributed by atoms with E-state index in [1.165, 1.54) is 17.8 Å². The van der Waals surface area contributed by atoms with Crippen LogP contribution in [0.1, 0.15) is 18.1 Å². The molecule has 0 N–H and O–H groups in total. The summed E-state index contributed by atoms with van der Waals surface area (Å²) in [6, 6.07) is 10.5. The van der Waals surface area contributed by atoms with Crippen molar-refractivity contribution >= 4 is 23.4 Å². The molecule has 0 aliphatic rings. The molecule has 0 aliphatic heterocycles. The first-order valence-electron chi connectivity index (χ1n) is 8.39. The quantitative estimate of drug-likeness (QED) is 0.456. The number of hydrogen-bond donors (Lipinski definition) is 0. The summed E-state index contributed by atoms with van der Waals surface area (Å²) in [7, 11) is 1.56. The molecule has 4 nitrogen and oxygen atoms in total. The van der Waals surface area contributed by atoms with Crippen LogP contribution in [0.3, 0.4) is 0 Å². The molecule has 2 aromatic carbocycles. The Kier molecular flexibility index (Phi) is 6.20. The molecule has 9 heteroatoms. The van der Waals surface area contributed by atoms with Crippen LogP contribution in [-0.2, 0) is 18.5 Å². The van der Waals surface area contributed by atoms with Gasteiger partial charge in [0.25, 0.3) is 0 Å². The zero-order valence-corrected chi connectivity index (χ0v) is 16.7. The van der Waals surface area contributed by atoms with Crippen LogP contribution in [0.2, 0.25) is 5.02 Å². The standard InChI is InChI=1S/C19H17ClF3N3OS/c1-3-26-17(15-10-14(20)7-8-16(15)27-2)24-25-18(26)28-11-12-5-4-6-13(9-12)19(21,22)23/h4-10H,3,11H2,1-2H3. The lowest BCUT2D eigenvalue weighted by Crippen LogP contribution is -2.05. The summed E-state index contributed by atoms with van der Waals surface area (Å²) in [5.41, 5.74) is 0.606. The Bertz CT molecular complexity index is 975. The maximum absolute atomic E-state index is 12.9. The third kappa shape index (κ3) is 4.44. The average Bonchev–Trinajstić information content (AvgIpc) is 3.08. The van der Waals surface area contributed by atoms with E-state index in [1.54, 1.807) is 31.4 Å². The van der Waals surface area contributed by atoms with Crippen LogP contribution >= 0.6 is 23.4 Å². The van der Waals surface area contributed by atoms with Crippen LogP contribution in [0, 0.1) is 0 Å². The Balaban J connectivity index is 1.87. The Morgan fingerprint density at radius 3 is 2.61 bits per heavy atom. The van der Waals surface area contributed by atoms with Crippen LogP contribution in [0.25, 0.3) is 11.4 Å². The molecule has 0 atom stereocenters. The first-order chi connectivity index (χ1) is 13.3. The second kappa shape index (κ2) is 8.45. The van der Waals surface area contributed by atoms with E-state index in [1.807, 2.05) is 11.5 Å². The molecule has 0 radical (unpaired) electrons. The van der Waals surface area contributed by atoms with E-state index < -0.39 is 11.7 Å². The SMILES string of the molecule is CCn1c(SCc2cccc(C(F)(F)F)c2)nnc1-c1cc(Cl)ccc1OC. The van der Waals surface area contributed by atoms with E-state index in [2.05, 4.69) is 10.2 Å². The summed E-state index contributed by atoms with van der Waals surface area (Å²) in [5, 5.41) is 9.61. The lowest BCUT2D eigenvalue weighted by atomic mass is 10.1. The molecule has 0 bridgehead atoms. The predicted molar refractivity (Wildman–Crippen MR) is 104 cm³/mol. The third-order valence-corrected chi connectivity index (χ3v) is 5.33. The molecular formula is C19H17ClF3N3OS. The van der Waals surface area contributed by atoms with Crippen molar-refractivity contribution in [3.8, 4) is 17.1 Å². The fraction of sp³-hybridized carbons (Fsp3) is 0.263. The van der Waals surface area contributed by atoms with Crippen LogP contribution in [0.5, 0.6) is 5.75 Å². The van der Waals surface area contributed by atoms with Gasteiger partial charge in [-0.15, -0.1) is 10.2 Å². The summed E-state index contributed by atoms with van der Waals surface area (Å²) < 4.78 is 45.9. The maximum atomic E-state index is 12.9. The number of ether oxygens (including phenoxy) is 1. The van der Waals surface area contributed by atoms with Crippen molar-refractivity contribution in [1.82, 2.24) is 14.8 Å². The summed E-state index contributed by atoms with van der Waals surface area (Å²) in [6.45, 7) is 2.53. The highest BCUT2D eigenvalue weighted by molar-refractivity contribution is 7.98. The molecule has 0 saturated heterocycles. The summed E-state index contributed by atoms with van der Waals surface area (Å²) in [4.78, 5) is 0. The molecule has 0 unspecified atom stereocenters. The number of aromatic nitrogens is 3. The first-order valence-corrected chi connectivity index (χ1v) is 9.76. The van der Waals surface area contributed by atoms with Crippen molar-refractivity contribution in [3.63, 3.8) is 0 Å². The molecule has 3 aromatic rings. The zero-order valence-electron chi connectivity index (χ0n) is 15.1. The van der Waals surface area contributed by atoms with Gasteiger partial charge in [0.2, 0.25) is 0 Å². The van der Waals surface area contributed by atoms with Crippen molar-refractivity contribution in [2.45, 2.75) is 30.6 Å². The van der Waals surface area contributed by atoms with Crippen molar-refractivity contribution < 1.29 is 17.9 Å². The van der Waals surface area contributed by atoms with E-state index in [9.17, 15) is 13.2 Å². The summed E-state index contributed by atoms with van der Waals surface area (Å²) >= 11 is 7.43. The van der Waals surface area contributed by atoms with Crippen molar-refractivity contribution in [1.29, 1.82) is 0 Å². The summed E-state index contributed by atoms with van der Waals surface area (Å²) in [5.74, 6) is 1.55. The monoisotopic (exact) mass is 427 g/mol. The van der Waals surface area contributed by atoms with Gasteiger partial charge >= 0.3 is 6.18 Å². The van der Waals surface area contributed by atoms with Gasteiger partial charge in [0, 0.05) is 17.3 Å². The number of halogens is 4. The van der Waals surface area contributed by atoms with E-state index in [0.29, 0.717) is 45.2 Å². The van der Waals surface area contributed by atoms with Crippen LogP contribution < -0.4 is 4.74 Å². The molecule has 0 spiro atoms. The minimum absolute atomic E-state index is 0.342. The predicted octanol–water partition coefficient (Wildman–Crippen LogP) is 5.94. The van der Waals surface area contributed by atoms with E-state index >= 15 is 0 Å². The highest BCUT2D eigenvalue weighted by atomic mass is 35.5. The zero-order chi connectivity index (χ0) is 20.3. The van der Waals surface area contributed by atoms with E-state index in [0.717, 1.165) is 12.1 Å². The van der Waals surface area contributed by atoms with Gasteiger partial charge in [-0.25, -0.2) is 0 Å². The number of benzene rings is 2. The Labute approximate surface area is 169 Å². The Morgan fingerprint density at radius 2 is 1.93 bits per heavy atom. The minimum atomic E-state index is -4.36. The van der Waals surface area contributed by atoms with Gasteiger partial charge < -0.3 is 9.30 Å². The molecule has 148 valence electrons. The normalized spacial score (nSPS) is 11.6. The van der Waals surface area contributed by atoms with Gasteiger partial charge in [0.15, 0.2) is 11.0 Å². The number of thioether (sulfide) groups is 1. The van der Waals surface area contributed by atoms with Crippen LogP contribution in [0.4, 0.5) is 13.2 Å². The van der Waals surface area contributed by atoms with Crippen molar-refractivity contribution in [2.75, 3.05) is 7.11 Å². The molecule has 0 aliphatic carbocycles. The smallest absolute Gasteiger partial charge is 0.416 e. The van der Waals surface area contributed by atoms with Crippen molar-refractivity contribution in [2.24, 2.45) is 0 Å². The number of alkyl halides is 3. The average molecular weight is 428 g/mol. The molecular weight excluding hydrogens is 411 g/mol. The highest BCUT2D eigenvalue weighted by Gasteiger charge is 2.30. The van der Waals surface area contributed by atoms with Gasteiger partial charge in [-0.05, 0) is 36.8 Å². The second-order valence-corrected chi connectivity index (χ2v) is 7.26. The van der Waals surface area contributed by atoms with Crippen molar-refractivity contribution in [3.05, 3.63) is 58.6 Å². The first kappa shape index (κ1) is 20.5. The molecule has 28 heavy (non-hydrogen) atoms. The molecule has 0 fully saturated rings. The maximum Gasteiger partial charge on any atom is 0.416 e. The fourth-order valence-corrected chi connectivity index (χ4v) is 3.84. The molecule has 1 aromatic heterocycles. The largest absolute Gasteiger partial charge is 0.496 e. The highest BCUT2D eigenvalue weighted by Crippen LogP contribution is 2.34. The summed E-state index contributed by atoms with van der Waals surface area (Å²) in [6.07, 6.45) is -4.36. The number of nitrogens with zero attached hydrogens (tertiary/aromatic N) is 3. The Morgan fingerprint density at radius 1 is 1.14 bits per heavy atom. The van der Waals surface area contributed by atoms with Gasteiger partial charge in [0.1, 0.15) is 5.75 Å². The molecule has 0 amide bonds. The molecule has 3 rings (SSSR count). The lowest BCUT2D eigenvalue weighted by Gasteiger charge is -2.11. The Hall–Kier alpha value is -2.19.